The van der Waals surface area contributed by atoms with Gasteiger partial charge >= 0.3 is 0 Å². The van der Waals surface area contributed by atoms with Crippen LogP contribution in [-0.4, -0.2) is 38.6 Å². The number of aliphatic hydroxyl groups is 4. The second kappa shape index (κ2) is 2.56. The van der Waals surface area contributed by atoms with Crippen molar-refractivity contribution in [2.75, 3.05) is 0 Å². The van der Waals surface area contributed by atoms with Crippen LogP contribution in [-0.2, 0) is 0 Å². The van der Waals surface area contributed by atoms with E-state index in [1.54, 1.807) is 0 Å². The van der Waals surface area contributed by atoms with Crippen molar-refractivity contribution in [3.8, 4) is 0 Å². The monoisotopic (exact) mass is 182 g/mol. The maximum absolute atomic E-state index is 12.6. The number of allylic oxidation sites excluding steroid dienone is 1. The van der Waals surface area contributed by atoms with Gasteiger partial charge in [0.05, 0.1) is 6.42 Å². The summed E-state index contributed by atoms with van der Waals surface area (Å²) in [5, 5.41) is 34.9. The van der Waals surface area contributed by atoms with E-state index in [1.165, 1.54) is 0 Å². The predicted octanol–water partition coefficient (Wildman–Crippen LogP) is 0.0748. The Morgan fingerprint density at radius 2 is 1.75 bits per heavy atom. The fraction of sp³-hybridized carbons (Fsp3) is 0.667. The number of halogens is 2. The van der Waals surface area contributed by atoms with E-state index in [4.69, 9.17) is 20.4 Å². The predicted molar refractivity (Wildman–Crippen MR) is 33.9 cm³/mol. The van der Waals surface area contributed by atoms with Gasteiger partial charge in [-0.1, -0.05) is 0 Å². The van der Waals surface area contributed by atoms with Crippen LogP contribution in [0, 0.1) is 0 Å². The van der Waals surface area contributed by atoms with Crippen molar-refractivity contribution in [1.82, 2.24) is 0 Å². The summed E-state index contributed by atoms with van der Waals surface area (Å²) in [5.41, 5.74) is 0. The van der Waals surface area contributed by atoms with Crippen LogP contribution in [0.5, 0.6) is 0 Å². The third-order valence-corrected chi connectivity index (χ3v) is 1.71. The molecule has 0 fully saturated rings. The van der Waals surface area contributed by atoms with E-state index >= 15 is 0 Å². The summed E-state index contributed by atoms with van der Waals surface area (Å²) in [5.74, 6) is -5.58. The standard InChI is InChI=1S/C6H8F2O4/c7-6(8)1-2(9)3(10)4(11)5(6)12/h4-5,9-12H,1H2/t4-,5-/m0/s1. The largest absolute Gasteiger partial charge is 0.508 e. The molecule has 0 saturated heterocycles. The minimum atomic E-state index is -3.60. The second-order valence-corrected chi connectivity index (χ2v) is 2.66. The van der Waals surface area contributed by atoms with Gasteiger partial charge in [0.25, 0.3) is 5.92 Å². The first-order valence-electron chi connectivity index (χ1n) is 3.21. The molecule has 1 aliphatic carbocycles. The number of rotatable bonds is 0. The lowest BCUT2D eigenvalue weighted by Gasteiger charge is -2.30. The van der Waals surface area contributed by atoms with Crippen LogP contribution in [0.3, 0.4) is 0 Å². The topological polar surface area (TPSA) is 80.9 Å². The van der Waals surface area contributed by atoms with Gasteiger partial charge in [-0.25, -0.2) is 8.78 Å². The van der Waals surface area contributed by atoms with Crippen molar-refractivity contribution >= 4 is 0 Å². The fourth-order valence-electron chi connectivity index (χ4n) is 0.970. The van der Waals surface area contributed by atoms with E-state index in [9.17, 15) is 8.78 Å². The summed E-state index contributed by atoms with van der Waals surface area (Å²) in [7, 11) is 0. The van der Waals surface area contributed by atoms with Crippen molar-refractivity contribution in [2.24, 2.45) is 0 Å². The van der Waals surface area contributed by atoms with Crippen LogP contribution in [0.1, 0.15) is 6.42 Å². The van der Waals surface area contributed by atoms with Crippen LogP contribution in [0.4, 0.5) is 8.78 Å². The molecule has 0 spiro atoms. The summed E-state index contributed by atoms with van der Waals surface area (Å²) in [6, 6.07) is 0. The summed E-state index contributed by atoms with van der Waals surface area (Å²) in [6.07, 6.45) is -5.64. The Kier molecular flexibility index (Phi) is 1.97. The molecule has 12 heavy (non-hydrogen) atoms. The quantitative estimate of drug-likeness (QED) is 0.427. The van der Waals surface area contributed by atoms with Crippen molar-refractivity contribution in [3.63, 3.8) is 0 Å². The second-order valence-electron chi connectivity index (χ2n) is 2.66. The Balaban J connectivity index is 2.99. The molecule has 0 radical (unpaired) electrons. The molecular formula is C6H8F2O4. The fourth-order valence-corrected chi connectivity index (χ4v) is 0.970. The lowest BCUT2D eigenvalue weighted by atomic mass is 9.94. The molecule has 0 heterocycles. The van der Waals surface area contributed by atoms with Crippen LogP contribution < -0.4 is 0 Å². The van der Waals surface area contributed by atoms with Gasteiger partial charge in [0.2, 0.25) is 0 Å². The maximum atomic E-state index is 12.6. The Morgan fingerprint density at radius 3 is 2.25 bits per heavy atom. The number of alkyl halides is 2. The van der Waals surface area contributed by atoms with E-state index in [-0.39, 0.29) is 0 Å². The van der Waals surface area contributed by atoms with Gasteiger partial charge in [0.1, 0.15) is 11.9 Å². The van der Waals surface area contributed by atoms with Gasteiger partial charge in [-0.05, 0) is 0 Å². The minimum Gasteiger partial charge on any atom is -0.508 e. The maximum Gasteiger partial charge on any atom is 0.283 e. The lowest BCUT2D eigenvalue weighted by molar-refractivity contribution is -0.164. The van der Waals surface area contributed by atoms with Crippen LogP contribution in [0.25, 0.3) is 0 Å². The molecule has 70 valence electrons. The lowest BCUT2D eigenvalue weighted by Crippen LogP contribution is -2.47. The van der Waals surface area contributed by atoms with Gasteiger partial charge in [-0.2, -0.15) is 0 Å². The van der Waals surface area contributed by atoms with Crippen molar-refractivity contribution in [2.45, 2.75) is 24.6 Å². The molecule has 2 atom stereocenters. The average molecular weight is 182 g/mol. The van der Waals surface area contributed by atoms with E-state index in [1.807, 2.05) is 0 Å². The molecule has 0 aromatic heterocycles. The first-order chi connectivity index (χ1) is 5.36. The highest BCUT2D eigenvalue weighted by molar-refractivity contribution is 5.15. The Bertz CT molecular complexity index is 226. The molecule has 1 rings (SSSR count). The van der Waals surface area contributed by atoms with Crippen molar-refractivity contribution in [3.05, 3.63) is 11.5 Å². The molecule has 1 aliphatic rings. The normalized spacial score (nSPS) is 35.3. The van der Waals surface area contributed by atoms with Gasteiger partial charge in [0, 0.05) is 0 Å². The van der Waals surface area contributed by atoms with Gasteiger partial charge in [0.15, 0.2) is 11.9 Å². The molecule has 4 N–H and O–H groups in total. The number of hydrogen-bond acceptors (Lipinski definition) is 4. The highest BCUT2D eigenvalue weighted by atomic mass is 19.3. The van der Waals surface area contributed by atoms with Crippen LogP contribution >= 0.6 is 0 Å². The molecule has 6 heteroatoms. The van der Waals surface area contributed by atoms with E-state index in [2.05, 4.69) is 0 Å². The minimum absolute atomic E-state index is 0.988. The molecular weight excluding hydrogens is 174 g/mol. The SMILES string of the molecule is OC1=C(O)[C@H](O)[C@H](O)C(F)(F)C1. The summed E-state index contributed by atoms with van der Waals surface area (Å²) < 4.78 is 25.1. The summed E-state index contributed by atoms with van der Waals surface area (Å²) in [6.45, 7) is 0. The zero-order chi connectivity index (χ0) is 9.52. The van der Waals surface area contributed by atoms with Gasteiger partial charge in [-0.3, -0.25) is 0 Å². The molecule has 0 unspecified atom stereocenters. The van der Waals surface area contributed by atoms with Crippen LogP contribution in [0.15, 0.2) is 11.5 Å². The Morgan fingerprint density at radius 1 is 1.25 bits per heavy atom. The highest BCUT2D eigenvalue weighted by Gasteiger charge is 2.49. The van der Waals surface area contributed by atoms with E-state index in [0.29, 0.717) is 0 Å². The molecule has 0 aromatic rings. The number of aliphatic hydroxyl groups excluding tert-OH is 4. The first kappa shape index (κ1) is 9.21. The summed E-state index contributed by atoms with van der Waals surface area (Å²) >= 11 is 0. The summed E-state index contributed by atoms with van der Waals surface area (Å²) in [4.78, 5) is 0. The van der Waals surface area contributed by atoms with Gasteiger partial charge in [-0.15, -0.1) is 0 Å². The first-order valence-corrected chi connectivity index (χ1v) is 3.21. The third-order valence-electron chi connectivity index (χ3n) is 1.71. The highest BCUT2D eigenvalue weighted by Crippen LogP contribution is 2.35. The molecule has 0 aliphatic heterocycles. The molecule has 0 bridgehead atoms. The zero-order valence-corrected chi connectivity index (χ0v) is 5.91. The van der Waals surface area contributed by atoms with Gasteiger partial charge < -0.3 is 20.4 Å². The molecule has 4 nitrogen and oxygen atoms in total. The van der Waals surface area contributed by atoms with Crippen molar-refractivity contribution < 1.29 is 29.2 Å². The van der Waals surface area contributed by atoms with E-state index in [0.717, 1.165) is 0 Å². The Hall–Kier alpha value is -0.880. The van der Waals surface area contributed by atoms with E-state index < -0.39 is 36.1 Å². The number of hydrogen-bond donors (Lipinski definition) is 4. The molecule has 0 aromatic carbocycles. The molecule has 0 saturated carbocycles. The third kappa shape index (κ3) is 1.23. The van der Waals surface area contributed by atoms with Crippen LogP contribution in [0.2, 0.25) is 0 Å². The average Bonchev–Trinajstić information content (AvgIpc) is 1.97. The molecule has 0 amide bonds. The van der Waals surface area contributed by atoms with Crippen molar-refractivity contribution in [1.29, 1.82) is 0 Å². The Labute approximate surface area is 66.4 Å². The zero-order valence-electron chi connectivity index (χ0n) is 5.91. The smallest absolute Gasteiger partial charge is 0.283 e.